The van der Waals surface area contributed by atoms with Crippen molar-refractivity contribution in [2.75, 3.05) is 7.11 Å². The quantitative estimate of drug-likeness (QED) is 0.192. The van der Waals surface area contributed by atoms with Gasteiger partial charge in [-0.05, 0) is 93.0 Å². The molecule has 4 aliphatic rings. The fourth-order valence-electron chi connectivity index (χ4n) is 9.40. The first-order valence-corrected chi connectivity index (χ1v) is 15.5. The number of hydrogen-bond donors (Lipinski definition) is 0. The molecule has 0 bridgehead atoms. The lowest BCUT2D eigenvalue weighted by Gasteiger charge is -2.59. The molecule has 4 rings (SSSR count). The van der Waals surface area contributed by atoms with Gasteiger partial charge in [0, 0.05) is 19.3 Å². The van der Waals surface area contributed by atoms with Crippen LogP contribution in [-0.4, -0.2) is 37.2 Å². The molecule has 6 nitrogen and oxygen atoms in total. The van der Waals surface area contributed by atoms with Gasteiger partial charge in [-0.1, -0.05) is 64.0 Å². The number of methoxy groups -OCH3 is 1. The van der Waals surface area contributed by atoms with Gasteiger partial charge in [-0.25, -0.2) is 0 Å². The van der Waals surface area contributed by atoms with Crippen molar-refractivity contribution in [2.24, 2.45) is 33.5 Å². The third-order valence-electron chi connectivity index (χ3n) is 11.4. The molecule has 6 atom stereocenters. The maximum atomic E-state index is 13.3. The molecule has 0 aromatic carbocycles. The second-order valence-electron chi connectivity index (χ2n) is 15.0. The van der Waals surface area contributed by atoms with Crippen molar-refractivity contribution >= 4 is 17.9 Å². The number of ether oxygens (including phenoxy) is 3. The number of carbonyl (C=O) groups is 3. The highest BCUT2D eigenvalue weighted by atomic mass is 16.6. The molecule has 41 heavy (non-hydrogen) atoms. The molecule has 0 unspecified atom stereocenters. The van der Waals surface area contributed by atoms with E-state index in [-0.39, 0.29) is 40.6 Å². The first-order chi connectivity index (χ1) is 19.0. The second-order valence-corrected chi connectivity index (χ2v) is 15.0. The van der Waals surface area contributed by atoms with Gasteiger partial charge < -0.3 is 14.2 Å². The summed E-state index contributed by atoms with van der Waals surface area (Å²) in [5.74, 6) is -0.405. The monoisotopic (exact) mass is 568 g/mol. The van der Waals surface area contributed by atoms with E-state index in [9.17, 15) is 14.4 Å². The highest BCUT2D eigenvalue weighted by Gasteiger charge is 2.60. The third kappa shape index (κ3) is 5.57. The Hall–Kier alpha value is -2.37. The normalized spacial score (nSPS) is 37.1. The van der Waals surface area contributed by atoms with Gasteiger partial charge in [0.15, 0.2) is 0 Å². The van der Waals surface area contributed by atoms with Crippen molar-refractivity contribution < 1.29 is 28.6 Å². The molecule has 0 saturated heterocycles. The lowest BCUT2D eigenvalue weighted by atomic mass is 9.47. The summed E-state index contributed by atoms with van der Waals surface area (Å²) < 4.78 is 17.2. The predicted octanol–water partition coefficient (Wildman–Crippen LogP) is 7.66. The van der Waals surface area contributed by atoms with E-state index in [2.05, 4.69) is 54.2 Å². The minimum absolute atomic E-state index is 0.0560. The Bertz CT molecular complexity index is 1170. The van der Waals surface area contributed by atoms with Crippen LogP contribution in [0.25, 0.3) is 0 Å². The SMILES string of the molecule is C=C1CC[C@H]2C(C)(C)[C@@H](OC(C)=O)[C@H](OC(C)=O)C[C@]2(C)/C1=C/CC1=C(C)CC[C@@]2(C(=O)OC)CCC(C)(C)C[C@@H]12. The minimum Gasteiger partial charge on any atom is -0.469 e. The van der Waals surface area contributed by atoms with Crippen molar-refractivity contribution in [1.82, 2.24) is 0 Å². The summed E-state index contributed by atoms with van der Waals surface area (Å²) in [6, 6.07) is 0. The molecular formula is C35H52O6. The molecule has 0 spiro atoms. The van der Waals surface area contributed by atoms with Crippen LogP contribution in [0.4, 0.5) is 0 Å². The average molecular weight is 569 g/mol. The number of carbonyl (C=O) groups excluding carboxylic acids is 3. The Morgan fingerprint density at radius 3 is 2.22 bits per heavy atom. The topological polar surface area (TPSA) is 78.9 Å². The van der Waals surface area contributed by atoms with Crippen LogP contribution in [0, 0.1) is 33.5 Å². The zero-order valence-electron chi connectivity index (χ0n) is 26.9. The molecule has 0 radical (unpaired) electrons. The Morgan fingerprint density at radius 1 is 0.951 bits per heavy atom. The summed E-state index contributed by atoms with van der Waals surface area (Å²) in [5, 5.41) is 0. The molecule has 4 aliphatic carbocycles. The summed E-state index contributed by atoms with van der Waals surface area (Å²) in [4.78, 5) is 37.7. The first-order valence-electron chi connectivity index (χ1n) is 15.5. The van der Waals surface area contributed by atoms with Gasteiger partial charge in [0.2, 0.25) is 0 Å². The largest absolute Gasteiger partial charge is 0.469 e. The first kappa shape index (κ1) is 31.6. The number of allylic oxidation sites excluding steroid dienone is 5. The standard InChI is InChI=1S/C35H52O6/c1-21-15-16-35(31(38)39-10)18-17-32(5,6)19-27(35)25(21)12-13-26-22(2)11-14-29-33(7,8)30(41-24(4)37)28(40-23(3)36)20-34(26,29)9/h13,27-30H,2,11-12,14-20H2,1,3-10H3/b26-13+/t27-,28+,29-,30-,34+,35+/m0/s1. The molecule has 0 amide bonds. The lowest BCUT2D eigenvalue weighted by molar-refractivity contribution is -0.203. The minimum atomic E-state index is -0.538. The van der Waals surface area contributed by atoms with Crippen LogP contribution in [0.3, 0.4) is 0 Å². The third-order valence-corrected chi connectivity index (χ3v) is 11.4. The summed E-state index contributed by atoms with van der Waals surface area (Å²) >= 11 is 0. The van der Waals surface area contributed by atoms with E-state index in [1.165, 1.54) is 37.7 Å². The molecule has 0 aromatic heterocycles. The van der Waals surface area contributed by atoms with E-state index >= 15 is 0 Å². The van der Waals surface area contributed by atoms with Crippen LogP contribution in [0.5, 0.6) is 0 Å². The fraction of sp³-hybridized carbons (Fsp3) is 0.743. The smallest absolute Gasteiger partial charge is 0.312 e. The van der Waals surface area contributed by atoms with Crippen molar-refractivity contribution in [3.05, 3.63) is 34.9 Å². The van der Waals surface area contributed by atoms with Crippen LogP contribution in [0.1, 0.15) is 113 Å². The van der Waals surface area contributed by atoms with Gasteiger partial charge in [-0.3, -0.25) is 14.4 Å². The van der Waals surface area contributed by atoms with Crippen LogP contribution in [-0.2, 0) is 28.6 Å². The lowest BCUT2D eigenvalue weighted by Crippen LogP contribution is -2.60. The number of fused-ring (bicyclic) bond motifs is 2. The van der Waals surface area contributed by atoms with E-state index in [4.69, 9.17) is 14.2 Å². The van der Waals surface area contributed by atoms with Gasteiger partial charge in [-0.2, -0.15) is 0 Å². The molecule has 3 fully saturated rings. The van der Waals surface area contributed by atoms with Crippen molar-refractivity contribution in [3.63, 3.8) is 0 Å². The number of esters is 3. The Kier molecular flexibility index (Phi) is 8.50. The highest BCUT2D eigenvalue weighted by Crippen LogP contribution is 2.63. The molecular weight excluding hydrogens is 516 g/mol. The Balaban J connectivity index is 1.75. The summed E-state index contributed by atoms with van der Waals surface area (Å²) in [5.41, 5.74) is 4.14. The fourth-order valence-corrected chi connectivity index (χ4v) is 9.40. The van der Waals surface area contributed by atoms with Crippen LogP contribution in [0.2, 0.25) is 0 Å². The van der Waals surface area contributed by atoms with Crippen LogP contribution >= 0.6 is 0 Å². The molecule has 6 heteroatoms. The van der Waals surface area contributed by atoms with Gasteiger partial charge >= 0.3 is 17.9 Å². The van der Waals surface area contributed by atoms with Crippen molar-refractivity contribution in [1.29, 1.82) is 0 Å². The molecule has 228 valence electrons. The molecule has 3 saturated carbocycles. The van der Waals surface area contributed by atoms with E-state index in [1.54, 1.807) is 0 Å². The zero-order valence-corrected chi connectivity index (χ0v) is 26.9. The second kappa shape index (κ2) is 11.0. The van der Waals surface area contributed by atoms with Crippen molar-refractivity contribution in [2.45, 2.75) is 125 Å². The van der Waals surface area contributed by atoms with E-state index in [0.29, 0.717) is 6.42 Å². The van der Waals surface area contributed by atoms with E-state index < -0.39 is 23.0 Å². The summed E-state index contributed by atoms with van der Waals surface area (Å²) in [6.07, 6.45) is 9.12. The van der Waals surface area contributed by atoms with Crippen LogP contribution < -0.4 is 0 Å². The van der Waals surface area contributed by atoms with Gasteiger partial charge in [0.25, 0.3) is 0 Å². The zero-order chi connectivity index (χ0) is 30.5. The Labute approximate surface area is 247 Å². The predicted molar refractivity (Wildman–Crippen MR) is 160 cm³/mol. The molecule has 0 aromatic rings. The van der Waals surface area contributed by atoms with Gasteiger partial charge in [0.1, 0.15) is 12.2 Å². The Morgan fingerprint density at radius 2 is 1.61 bits per heavy atom. The number of hydrogen-bond acceptors (Lipinski definition) is 6. The summed E-state index contributed by atoms with van der Waals surface area (Å²) in [7, 11) is 1.53. The van der Waals surface area contributed by atoms with Gasteiger partial charge in [-0.15, -0.1) is 0 Å². The average Bonchev–Trinajstić information content (AvgIpc) is 2.85. The van der Waals surface area contributed by atoms with Gasteiger partial charge in [0.05, 0.1) is 12.5 Å². The number of rotatable bonds is 5. The summed E-state index contributed by atoms with van der Waals surface area (Å²) in [6.45, 7) is 20.8. The molecule has 0 N–H and O–H groups in total. The van der Waals surface area contributed by atoms with Crippen LogP contribution in [0.15, 0.2) is 34.9 Å². The van der Waals surface area contributed by atoms with E-state index in [0.717, 1.165) is 56.9 Å². The molecule has 0 aliphatic heterocycles. The molecule has 0 heterocycles. The van der Waals surface area contributed by atoms with Crippen molar-refractivity contribution in [3.8, 4) is 0 Å². The van der Waals surface area contributed by atoms with E-state index in [1.807, 2.05) is 0 Å². The highest BCUT2D eigenvalue weighted by molar-refractivity contribution is 5.78. The maximum Gasteiger partial charge on any atom is 0.312 e. The maximum absolute atomic E-state index is 13.3.